The number of hydrogen-bond acceptors (Lipinski definition) is 1. The van der Waals surface area contributed by atoms with Gasteiger partial charge in [0.05, 0.1) is 0 Å². The van der Waals surface area contributed by atoms with Gasteiger partial charge in [-0.05, 0) is 17.9 Å². The van der Waals surface area contributed by atoms with Crippen LogP contribution in [0, 0.1) is 12.0 Å². The first-order chi connectivity index (χ1) is 7.22. The summed E-state index contributed by atoms with van der Waals surface area (Å²) in [6.45, 7) is 5.13. The largest absolute Gasteiger partial charge is 0.294 e. The Morgan fingerprint density at radius 3 is 2.47 bits per heavy atom. The molecule has 80 valence electrons. The summed E-state index contributed by atoms with van der Waals surface area (Å²) in [6, 6.07) is 12.9. The van der Waals surface area contributed by atoms with Gasteiger partial charge in [-0.2, -0.15) is 0 Å². The van der Waals surface area contributed by atoms with E-state index in [0.717, 1.165) is 13.0 Å². The Labute approximate surface area is 91.9 Å². The molecule has 2 nitrogen and oxygen atoms in total. The van der Waals surface area contributed by atoms with Crippen molar-refractivity contribution >= 4 is 0 Å². The van der Waals surface area contributed by atoms with Crippen molar-refractivity contribution in [2.75, 3.05) is 0 Å². The highest BCUT2D eigenvalue weighted by molar-refractivity contribution is 5.14. The van der Waals surface area contributed by atoms with Crippen molar-refractivity contribution in [2.24, 2.45) is 5.92 Å². The van der Waals surface area contributed by atoms with Gasteiger partial charge in [0.2, 0.25) is 0 Å². The molecule has 0 saturated heterocycles. The van der Waals surface area contributed by atoms with Crippen LogP contribution in [0.2, 0.25) is 0 Å². The smallest absolute Gasteiger partial charge is 0.289 e. The molecule has 0 aliphatic rings. The Balaban J connectivity index is 2.39. The van der Waals surface area contributed by atoms with Gasteiger partial charge in [-0.1, -0.05) is 49.4 Å². The summed E-state index contributed by atoms with van der Waals surface area (Å²) >= 11 is 0. The molecule has 0 amide bonds. The third kappa shape index (κ3) is 4.62. The second-order valence-corrected chi connectivity index (χ2v) is 4.19. The molecule has 0 aliphatic heterocycles. The van der Waals surface area contributed by atoms with Crippen molar-refractivity contribution in [2.45, 2.75) is 32.9 Å². The molecule has 0 radical (unpaired) electrons. The van der Waals surface area contributed by atoms with Crippen molar-refractivity contribution in [3.05, 3.63) is 35.9 Å². The highest BCUT2D eigenvalue weighted by atomic mass is 14.9. The Morgan fingerprint density at radius 2 is 1.93 bits per heavy atom. The molecule has 1 aromatic carbocycles. The van der Waals surface area contributed by atoms with E-state index in [0.29, 0.717) is 5.92 Å². The fourth-order valence-electron chi connectivity index (χ4n) is 1.50. The second kappa shape index (κ2) is 6.21. The van der Waals surface area contributed by atoms with E-state index in [9.17, 15) is 0 Å². The fraction of sp³-hybridized carbons (Fsp3) is 0.462. The average Bonchev–Trinajstić information content (AvgIpc) is 2.25. The minimum absolute atomic E-state index is 0.0743. The molecule has 1 rings (SSSR count). The predicted molar refractivity (Wildman–Crippen MR) is 61.4 cm³/mol. The van der Waals surface area contributed by atoms with Crippen molar-refractivity contribution in [1.82, 2.24) is 5.32 Å². The summed E-state index contributed by atoms with van der Waals surface area (Å²) < 4.78 is 0. The van der Waals surface area contributed by atoms with E-state index >= 15 is 0 Å². The van der Waals surface area contributed by atoms with Crippen LogP contribution in [0.15, 0.2) is 30.3 Å². The normalized spacial score (nSPS) is 12.4. The topological polar surface area (TPSA) is 35.8 Å². The van der Waals surface area contributed by atoms with Crippen LogP contribution in [0.5, 0.6) is 0 Å². The lowest BCUT2D eigenvalue weighted by Gasteiger charge is -2.11. The van der Waals surface area contributed by atoms with Crippen LogP contribution in [-0.2, 0) is 6.54 Å². The Hall–Kier alpha value is -1.33. The van der Waals surface area contributed by atoms with E-state index in [4.69, 9.17) is 5.26 Å². The second-order valence-electron chi connectivity index (χ2n) is 4.19. The van der Waals surface area contributed by atoms with Crippen LogP contribution in [-0.4, -0.2) is 6.04 Å². The zero-order chi connectivity index (χ0) is 11.1. The molecule has 0 saturated carbocycles. The van der Waals surface area contributed by atoms with Crippen LogP contribution < -0.4 is 10.6 Å². The molecule has 0 unspecified atom stereocenters. The monoisotopic (exact) mass is 203 g/mol. The van der Waals surface area contributed by atoms with Crippen molar-refractivity contribution < 1.29 is 5.26 Å². The molecule has 0 heterocycles. The van der Waals surface area contributed by atoms with Crippen molar-refractivity contribution in [3.8, 4) is 6.07 Å². The van der Waals surface area contributed by atoms with Crippen molar-refractivity contribution in [3.63, 3.8) is 0 Å². The molecule has 0 aliphatic carbocycles. The molecule has 1 aromatic rings. The molecule has 0 bridgehead atoms. The van der Waals surface area contributed by atoms with Crippen molar-refractivity contribution in [1.29, 1.82) is 0 Å². The maximum Gasteiger partial charge on any atom is 0.289 e. The van der Waals surface area contributed by atoms with Crippen LogP contribution in [0.3, 0.4) is 0 Å². The van der Waals surface area contributed by atoms with E-state index in [1.54, 1.807) is 0 Å². The number of rotatable bonds is 5. The summed E-state index contributed by atoms with van der Waals surface area (Å²) in [4.78, 5) is 0. The molecule has 0 spiro atoms. The van der Waals surface area contributed by atoms with Gasteiger partial charge in [-0.15, -0.1) is 0 Å². The maximum absolute atomic E-state index is 7.21. The lowest BCUT2D eigenvalue weighted by molar-refractivity contribution is -0.0972. The molecule has 0 fully saturated rings. The Kier molecular flexibility index (Phi) is 4.86. The zero-order valence-corrected chi connectivity index (χ0v) is 9.46. The first-order valence-corrected chi connectivity index (χ1v) is 5.42. The predicted octanol–water partition coefficient (Wildman–Crippen LogP) is 0.964. The van der Waals surface area contributed by atoms with Gasteiger partial charge < -0.3 is 0 Å². The molecule has 1 atom stereocenters. The summed E-state index contributed by atoms with van der Waals surface area (Å²) in [5.74, 6) is 0.594. The average molecular weight is 203 g/mol. The summed E-state index contributed by atoms with van der Waals surface area (Å²) in [6.07, 6.45) is 0.969. The Bertz CT molecular complexity index is 311. The first kappa shape index (κ1) is 11.7. The van der Waals surface area contributed by atoms with Gasteiger partial charge in [0, 0.05) is 6.54 Å². The quantitative estimate of drug-likeness (QED) is 0.735. The van der Waals surface area contributed by atoms with E-state index < -0.39 is 0 Å². The van der Waals surface area contributed by atoms with E-state index in [1.165, 1.54) is 5.56 Å². The minimum Gasteiger partial charge on any atom is -0.294 e. The van der Waals surface area contributed by atoms with E-state index in [-0.39, 0.29) is 6.04 Å². The summed E-state index contributed by atoms with van der Waals surface area (Å²) in [5, 5.41) is 10.5. The van der Waals surface area contributed by atoms with Gasteiger partial charge in [0.25, 0.3) is 6.07 Å². The number of hydrogen-bond donors (Lipinski definition) is 2. The lowest BCUT2D eigenvalue weighted by Crippen LogP contribution is -2.35. The third-order valence-electron chi connectivity index (χ3n) is 2.28. The maximum atomic E-state index is 7.21. The molecular formula is C13H19N2+. The molecule has 2 heteroatoms. The first-order valence-electron chi connectivity index (χ1n) is 5.42. The number of benzene rings is 1. The molecule has 2 N–H and O–H groups in total. The highest BCUT2D eigenvalue weighted by Gasteiger charge is 2.11. The van der Waals surface area contributed by atoms with Gasteiger partial charge in [-0.25, -0.2) is 0 Å². The summed E-state index contributed by atoms with van der Waals surface area (Å²) in [7, 11) is 0. The molecule has 15 heavy (non-hydrogen) atoms. The third-order valence-corrected chi connectivity index (χ3v) is 2.28. The fourth-order valence-corrected chi connectivity index (χ4v) is 1.50. The minimum atomic E-state index is 0.0743. The molecule has 0 aromatic heterocycles. The summed E-state index contributed by atoms with van der Waals surface area (Å²) in [5.41, 5.74) is 1.25. The van der Waals surface area contributed by atoms with Gasteiger partial charge in [-0.3, -0.25) is 5.32 Å². The van der Waals surface area contributed by atoms with Crippen LogP contribution in [0.25, 0.3) is 0 Å². The standard InChI is InChI=1S/C13H18N2/c1-11(2)8-13(9-14)15-10-12-6-4-3-5-7-12/h3-7,11,13,15H,8,10H2,1-2H3/p+1/t13-/m1/s1. The van der Waals surface area contributed by atoms with Crippen LogP contribution in [0.1, 0.15) is 25.8 Å². The molecular weight excluding hydrogens is 184 g/mol. The van der Waals surface area contributed by atoms with Crippen LogP contribution >= 0.6 is 0 Å². The van der Waals surface area contributed by atoms with E-state index in [2.05, 4.69) is 37.4 Å². The van der Waals surface area contributed by atoms with Crippen LogP contribution in [0.4, 0.5) is 0 Å². The Morgan fingerprint density at radius 1 is 1.27 bits per heavy atom. The van der Waals surface area contributed by atoms with E-state index in [1.807, 2.05) is 18.2 Å². The SMILES string of the molecule is CC(C)C[C@H](C#[NH+])NCc1ccccc1. The number of nitrogens with one attached hydrogen (secondary N) is 2. The highest BCUT2D eigenvalue weighted by Crippen LogP contribution is 2.05. The zero-order valence-electron chi connectivity index (χ0n) is 9.46. The van der Waals surface area contributed by atoms with Gasteiger partial charge in [0.1, 0.15) is 6.04 Å². The lowest BCUT2D eigenvalue weighted by atomic mass is 10.0. The van der Waals surface area contributed by atoms with Gasteiger partial charge in [0.15, 0.2) is 0 Å². The van der Waals surface area contributed by atoms with Gasteiger partial charge >= 0.3 is 0 Å².